The standard InChI is InChI=1S/C17H34N2O5/c1-12(9-18-14(20)23-16(3,4)5)10-22-11-13(2)19-15(21)24-17(6,7)8/h12-13H,9-11H2,1-8H3,(H,18,20)(H,19,21). The second kappa shape index (κ2) is 9.71. The van der Waals surface area contributed by atoms with Crippen LogP contribution in [0.25, 0.3) is 0 Å². The third-order valence-electron chi connectivity index (χ3n) is 2.53. The van der Waals surface area contributed by atoms with Gasteiger partial charge in [-0.05, 0) is 54.4 Å². The van der Waals surface area contributed by atoms with Gasteiger partial charge >= 0.3 is 12.2 Å². The number of carbonyl (C=O) groups excluding carboxylic acids is 2. The molecular formula is C17H34N2O5. The molecule has 2 amide bonds. The molecule has 0 spiro atoms. The molecule has 2 unspecified atom stereocenters. The van der Waals surface area contributed by atoms with Crippen LogP contribution in [0.4, 0.5) is 9.59 Å². The quantitative estimate of drug-likeness (QED) is 0.740. The van der Waals surface area contributed by atoms with Gasteiger partial charge in [-0.1, -0.05) is 6.92 Å². The fourth-order valence-electron chi connectivity index (χ4n) is 1.63. The minimum absolute atomic E-state index is 0.131. The number of hydrogen-bond donors (Lipinski definition) is 2. The van der Waals surface area contributed by atoms with Gasteiger partial charge in [0, 0.05) is 6.54 Å². The molecule has 0 saturated carbocycles. The summed E-state index contributed by atoms with van der Waals surface area (Å²) in [5, 5.41) is 5.41. The molecule has 0 aliphatic rings. The predicted molar refractivity (Wildman–Crippen MR) is 93.1 cm³/mol. The van der Waals surface area contributed by atoms with E-state index in [1.165, 1.54) is 0 Å². The Morgan fingerprint density at radius 3 is 1.88 bits per heavy atom. The summed E-state index contributed by atoms with van der Waals surface area (Å²) >= 11 is 0. The first-order chi connectivity index (χ1) is 10.8. The van der Waals surface area contributed by atoms with Gasteiger partial charge in [-0.3, -0.25) is 0 Å². The predicted octanol–water partition coefficient (Wildman–Crippen LogP) is 3.08. The van der Waals surface area contributed by atoms with Crippen molar-refractivity contribution in [3.63, 3.8) is 0 Å². The second-order valence-corrected chi connectivity index (χ2v) is 8.07. The first-order valence-corrected chi connectivity index (χ1v) is 8.32. The van der Waals surface area contributed by atoms with Crippen LogP contribution in [-0.4, -0.2) is 49.2 Å². The van der Waals surface area contributed by atoms with Gasteiger partial charge in [0.15, 0.2) is 0 Å². The van der Waals surface area contributed by atoms with Crippen molar-refractivity contribution in [3.8, 4) is 0 Å². The Labute approximate surface area is 145 Å². The molecule has 0 rings (SSSR count). The Bertz CT molecular complexity index is 399. The van der Waals surface area contributed by atoms with E-state index in [0.717, 1.165) is 0 Å². The number of hydrogen-bond acceptors (Lipinski definition) is 5. The highest BCUT2D eigenvalue weighted by Crippen LogP contribution is 2.07. The first-order valence-electron chi connectivity index (χ1n) is 8.32. The summed E-state index contributed by atoms with van der Waals surface area (Å²) in [5.74, 6) is 0.131. The average Bonchev–Trinajstić information content (AvgIpc) is 2.31. The molecule has 0 saturated heterocycles. The summed E-state index contributed by atoms with van der Waals surface area (Å²) in [7, 11) is 0. The van der Waals surface area contributed by atoms with Crippen molar-refractivity contribution in [1.29, 1.82) is 0 Å². The third kappa shape index (κ3) is 14.1. The molecule has 0 aromatic rings. The lowest BCUT2D eigenvalue weighted by molar-refractivity contribution is 0.0407. The lowest BCUT2D eigenvalue weighted by Gasteiger charge is -2.22. The maximum absolute atomic E-state index is 11.6. The molecule has 7 nitrogen and oxygen atoms in total. The fourth-order valence-corrected chi connectivity index (χ4v) is 1.63. The zero-order valence-electron chi connectivity index (χ0n) is 16.3. The molecule has 0 aromatic carbocycles. The molecule has 0 aliphatic heterocycles. The molecular weight excluding hydrogens is 312 g/mol. The summed E-state index contributed by atoms with van der Waals surface area (Å²) in [6.07, 6.45) is -0.896. The van der Waals surface area contributed by atoms with Gasteiger partial charge in [-0.25, -0.2) is 9.59 Å². The molecule has 24 heavy (non-hydrogen) atoms. The zero-order chi connectivity index (χ0) is 19.0. The Balaban J connectivity index is 3.86. The van der Waals surface area contributed by atoms with Crippen LogP contribution in [0.5, 0.6) is 0 Å². The van der Waals surface area contributed by atoms with E-state index in [4.69, 9.17) is 14.2 Å². The van der Waals surface area contributed by atoms with Crippen LogP contribution in [0, 0.1) is 5.92 Å². The maximum atomic E-state index is 11.6. The first kappa shape index (κ1) is 22.5. The summed E-state index contributed by atoms with van der Waals surface area (Å²) in [6, 6.07) is -0.161. The lowest BCUT2D eigenvalue weighted by atomic mass is 10.2. The van der Waals surface area contributed by atoms with Crippen molar-refractivity contribution in [2.45, 2.75) is 72.6 Å². The van der Waals surface area contributed by atoms with Gasteiger partial charge in [0.2, 0.25) is 0 Å². The summed E-state index contributed by atoms with van der Waals surface area (Å²) < 4.78 is 15.9. The Morgan fingerprint density at radius 1 is 0.875 bits per heavy atom. The van der Waals surface area contributed by atoms with Crippen LogP contribution in [0.15, 0.2) is 0 Å². The van der Waals surface area contributed by atoms with Crippen molar-refractivity contribution in [3.05, 3.63) is 0 Å². The average molecular weight is 346 g/mol. The number of alkyl carbamates (subject to hydrolysis) is 2. The highest BCUT2D eigenvalue weighted by Gasteiger charge is 2.18. The molecule has 0 radical (unpaired) electrons. The van der Waals surface area contributed by atoms with Crippen molar-refractivity contribution < 1.29 is 23.8 Å². The molecule has 7 heteroatoms. The highest BCUT2D eigenvalue weighted by molar-refractivity contribution is 5.68. The number of carbonyl (C=O) groups is 2. The molecule has 2 N–H and O–H groups in total. The van der Waals surface area contributed by atoms with Gasteiger partial charge in [0.25, 0.3) is 0 Å². The minimum atomic E-state index is -0.521. The van der Waals surface area contributed by atoms with E-state index in [0.29, 0.717) is 19.8 Å². The normalized spacial score (nSPS) is 14.5. The van der Waals surface area contributed by atoms with Crippen molar-refractivity contribution in [1.82, 2.24) is 10.6 Å². The third-order valence-corrected chi connectivity index (χ3v) is 2.53. The fraction of sp³-hybridized carbons (Fsp3) is 0.882. The number of rotatable bonds is 7. The van der Waals surface area contributed by atoms with E-state index in [-0.39, 0.29) is 12.0 Å². The second-order valence-electron chi connectivity index (χ2n) is 8.07. The smallest absolute Gasteiger partial charge is 0.407 e. The zero-order valence-corrected chi connectivity index (χ0v) is 16.3. The highest BCUT2D eigenvalue weighted by atomic mass is 16.6. The van der Waals surface area contributed by atoms with Crippen LogP contribution in [0.3, 0.4) is 0 Å². The van der Waals surface area contributed by atoms with Crippen LogP contribution in [0.2, 0.25) is 0 Å². The van der Waals surface area contributed by atoms with Crippen molar-refractivity contribution in [2.75, 3.05) is 19.8 Å². The number of amides is 2. The van der Waals surface area contributed by atoms with Gasteiger partial charge in [0.05, 0.1) is 19.3 Å². The topological polar surface area (TPSA) is 85.9 Å². The van der Waals surface area contributed by atoms with E-state index in [2.05, 4.69) is 10.6 Å². The van der Waals surface area contributed by atoms with Gasteiger partial charge in [0.1, 0.15) is 11.2 Å². The minimum Gasteiger partial charge on any atom is -0.444 e. The number of ether oxygens (including phenoxy) is 3. The van der Waals surface area contributed by atoms with Crippen LogP contribution < -0.4 is 10.6 Å². The largest absolute Gasteiger partial charge is 0.444 e. The van der Waals surface area contributed by atoms with Crippen molar-refractivity contribution >= 4 is 12.2 Å². The summed E-state index contributed by atoms with van der Waals surface area (Å²) in [5.41, 5.74) is -1.03. The Kier molecular flexibility index (Phi) is 9.11. The molecule has 0 aromatic heterocycles. The van der Waals surface area contributed by atoms with Crippen LogP contribution in [0.1, 0.15) is 55.4 Å². The van der Waals surface area contributed by atoms with Gasteiger partial charge in [-0.15, -0.1) is 0 Å². The van der Waals surface area contributed by atoms with E-state index >= 15 is 0 Å². The van der Waals surface area contributed by atoms with E-state index < -0.39 is 23.4 Å². The SMILES string of the molecule is CC(CNC(=O)OC(C)(C)C)COCC(C)NC(=O)OC(C)(C)C. The molecule has 142 valence electrons. The van der Waals surface area contributed by atoms with Crippen molar-refractivity contribution in [2.24, 2.45) is 5.92 Å². The monoisotopic (exact) mass is 346 g/mol. The summed E-state index contributed by atoms with van der Waals surface area (Å²) in [6.45, 7) is 16.0. The Morgan fingerprint density at radius 2 is 1.38 bits per heavy atom. The Hall–Kier alpha value is -1.50. The lowest BCUT2D eigenvalue weighted by Crippen LogP contribution is -2.40. The molecule has 0 bridgehead atoms. The molecule has 0 heterocycles. The van der Waals surface area contributed by atoms with E-state index in [1.54, 1.807) is 0 Å². The van der Waals surface area contributed by atoms with Gasteiger partial charge < -0.3 is 24.8 Å². The molecule has 2 atom stereocenters. The van der Waals surface area contributed by atoms with Crippen LogP contribution in [-0.2, 0) is 14.2 Å². The molecule has 0 aliphatic carbocycles. The van der Waals surface area contributed by atoms with Gasteiger partial charge in [-0.2, -0.15) is 0 Å². The maximum Gasteiger partial charge on any atom is 0.407 e. The van der Waals surface area contributed by atoms with Crippen LogP contribution >= 0.6 is 0 Å². The van der Waals surface area contributed by atoms with E-state index in [9.17, 15) is 9.59 Å². The molecule has 0 fully saturated rings. The number of nitrogens with one attached hydrogen (secondary N) is 2. The summed E-state index contributed by atoms with van der Waals surface area (Å²) in [4.78, 5) is 23.2. The van der Waals surface area contributed by atoms with E-state index in [1.807, 2.05) is 55.4 Å².